The van der Waals surface area contributed by atoms with Crippen LogP contribution in [0.5, 0.6) is 0 Å². The first kappa shape index (κ1) is 11.8. The maximum absolute atomic E-state index is 11.5. The lowest BCUT2D eigenvalue weighted by molar-refractivity contribution is -0.123. The van der Waals surface area contributed by atoms with Crippen molar-refractivity contribution < 1.29 is 9.21 Å². The SMILES string of the molecule is Cc1ccc(CNC(=O)CC(C)(C)C)o1. The summed E-state index contributed by atoms with van der Waals surface area (Å²) >= 11 is 0. The molecule has 0 aliphatic rings. The molecular weight excluding hydrogens is 190 g/mol. The molecule has 0 saturated carbocycles. The van der Waals surface area contributed by atoms with E-state index in [4.69, 9.17) is 4.42 Å². The molecule has 0 saturated heterocycles. The van der Waals surface area contributed by atoms with Crippen LogP contribution in [-0.4, -0.2) is 5.91 Å². The van der Waals surface area contributed by atoms with Gasteiger partial charge in [0.15, 0.2) is 0 Å². The number of rotatable bonds is 3. The van der Waals surface area contributed by atoms with Gasteiger partial charge in [-0.1, -0.05) is 20.8 Å². The molecule has 0 atom stereocenters. The molecule has 3 nitrogen and oxygen atoms in total. The van der Waals surface area contributed by atoms with Crippen molar-refractivity contribution in [3.05, 3.63) is 23.7 Å². The molecule has 3 heteroatoms. The molecule has 0 radical (unpaired) electrons. The molecule has 15 heavy (non-hydrogen) atoms. The van der Waals surface area contributed by atoms with E-state index in [1.165, 1.54) is 0 Å². The maximum Gasteiger partial charge on any atom is 0.220 e. The van der Waals surface area contributed by atoms with E-state index >= 15 is 0 Å². The van der Waals surface area contributed by atoms with E-state index in [1.54, 1.807) is 0 Å². The van der Waals surface area contributed by atoms with E-state index < -0.39 is 0 Å². The fraction of sp³-hybridized carbons (Fsp3) is 0.583. The van der Waals surface area contributed by atoms with Crippen molar-refractivity contribution in [3.8, 4) is 0 Å². The Morgan fingerprint density at radius 1 is 1.40 bits per heavy atom. The molecule has 1 N–H and O–H groups in total. The fourth-order valence-electron chi connectivity index (χ4n) is 1.31. The van der Waals surface area contributed by atoms with Crippen LogP contribution in [0, 0.1) is 12.3 Å². The van der Waals surface area contributed by atoms with Gasteiger partial charge < -0.3 is 9.73 Å². The molecule has 84 valence electrons. The van der Waals surface area contributed by atoms with Crippen LogP contribution in [0.1, 0.15) is 38.7 Å². The van der Waals surface area contributed by atoms with Crippen LogP contribution in [0.4, 0.5) is 0 Å². The van der Waals surface area contributed by atoms with Gasteiger partial charge in [0.25, 0.3) is 0 Å². The highest BCUT2D eigenvalue weighted by Gasteiger charge is 2.15. The topological polar surface area (TPSA) is 42.2 Å². The van der Waals surface area contributed by atoms with Crippen LogP contribution < -0.4 is 5.32 Å². The molecule has 0 spiro atoms. The largest absolute Gasteiger partial charge is 0.465 e. The van der Waals surface area contributed by atoms with Crippen LogP contribution in [0.25, 0.3) is 0 Å². The van der Waals surface area contributed by atoms with Gasteiger partial charge >= 0.3 is 0 Å². The average molecular weight is 209 g/mol. The first-order chi connectivity index (χ1) is 6.87. The molecule has 1 heterocycles. The average Bonchev–Trinajstić information content (AvgIpc) is 2.45. The van der Waals surface area contributed by atoms with Crippen molar-refractivity contribution in [2.75, 3.05) is 0 Å². The molecule has 0 aliphatic carbocycles. The van der Waals surface area contributed by atoms with Crippen molar-refractivity contribution in [3.63, 3.8) is 0 Å². The zero-order chi connectivity index (χ0) is 11.5. The van der Waals surface area contributed by atoms with Gasteiger partial charge in [-0.05, 0) is 24.5 Å². The lowest BCUT2D eigenvalue weighted by Gasteiger charge is -2.16. The second kappa shape index (κ2) is 4.51. The van der Waals surface area contributed by atoms with Crippen molar-refractivity contribution in [2.45, 2.75) is 40.7 Å². The van der Waals surface area contributed by atoms with E-state index in [-0.39, 0.29) is 11.3 Å². The van der Waals surface area contributed by atoms with Gasteiger partial charge in [-0.15, -0.1) is 0 Å². The smallest absolute Gasteiger partial charge is 0.220 e. The van der Waals surface area contributed by atoms with Crippen molar-refractivity contribution >= 4 is 5.91 Å². The molecule has 0 bridgehead atoms. The molecule has 0 aliphatic heterocycles. The zero-order valence-electron chi connectivity index (χ0n) is 9.89. The minimum absolute atomic E-state index is 0.0309. The lowest BCUT2D eigenvalue weighted by atomic mass is 9.92. The van der Waals surface area contributed by atoms with Crippen LogP contribution in [0.2, 0.25) is 0 Å². The number of furan rings is 1. The Morgan fingerprint density at radius 3 is 2.53 bits per heavy atom. The van der Waals surface area contributed by atoms with Gasteiger partial charge in [0.05, 0.1) is 6.54 Å². The Hall–Kier alpha value is -1.25. The van der Waals surface area contributed by atoms with Gasteiger partial charge in [0.2, 0.25) is 5.91 Å². The summed E-state index contributed by atoms with van der Waals surface area (Å²) in [4.78, 5) is 11.5. The van der Waals surface area contributed by atoms with E-state index in [0.29, 0.717) is 13.0 Å². The molecule has 0 aromatic carbocycles. The predicted molar refractivity (Wildman–Crippen MR) is 59.4 cm³/mol. The van der Waals surface area contributed by atoms with Crippen molar-refractivity contribution in [2.24, 2.45) is 5.41 Å². The molecule has 1 rings (SSSR count). The number of carbonyl (C=O) groups excluding carboxylic acids is 1. The number of hydrogen-bond acceptors (Lipinski definition) is 2. The van der Waals surface area contributed by atoms with E-state index in [1.807, 2.05) is 39.8 Å². The summed E-state index contributed by atoms with van der Waals surface area (Å²) in [5.74, 6) is 1.74. The molecule has 1 aromatic rings. The Kier molecular flexibility index (Phi) is 3.56. The Morgan fingerprint density at radius 2 is 2.07 bits per heavy atom. The number of hydrogen-bond donors (Lipinski definition) is 1. The number of nitrogens with one attached hydrogen (secondary N) is 1. The monoisotopic (exact) mass is 209 g/mol. The summed E-state index contributed by atoms with van der Waals surface area (Å²) in [7, 11) is 0. The first-order valence-electron chi connectivity index (χ1n) is 5.19. The van der Waals surface area contributed by atoms with Crippen LogP contribution in [0.15, 0.2) is 16.5 Å². The number of amides is 1. The summed E-state index contributed by atoms with van der Waals surface area (Å²) in [6, 6.07) is 3.78. The molecular formula is C12H19NO2. The normalized spacial score (nSPS) is 11.5. The number of carbonyl (C=O) groups is 1. The second-order valence-electron chi connectivity index (χ2n) is 5.03. The van der Waals surface area contributed by atoms with E-state index in [9.17, 15) is 4.79 Å². The quantitative estimate of drug-likeness (QED) is 0.831. The molecule has 1 aromatic heterocycles. The lowest BCUT2D eigenvalue weighted by Crippen LogP contribution is -2.26. The number of aryl methyl sites for hydroxylation is 1. The van der Waals surface area contributed by atoms with Crippen LogP contribution >= 0.6 is 0 Å². The summed E-state index contributed by atoms with van der Waals surface area (Å²) in [6.45, 7) is 8.50. The van der Waals surface area contributed by atoms with Gasteiger partial charge in [-0.25, -0.2) is 0 Å². The third-order valence-electron chi connectivity index (χ3n) is 1.95. The fourth-order valence-corrected chi connectivity index (χ4v) is 1.31. The Balaban J connectivity index is 2.35. The minimum Gasteiger partial charge on any atom is -0.465 e. The van der Waals surface area contributed by atoms with E-state index in [0.717, 1.165) is 11.5 Å². The third kappa shape index (κ3) is 4.68. The molecule has 0 fully saturated rings. The van der Waals surface area contributed by atoms with Crippen LogP contribution in [0.3, 0.4) is 0 Å². The van der Waals surface area contributed by atoms with Gasteiger partial charge in [-0.2, -0.15) is 0 Å². The third-order valence-corrected chi connectivity index (χ3v) is 1.95. The minimum atomic E-state index is 0.0309. The van der Waals surface area contributed by atoms with Gasteiger partial charge in [0.1, 0.15) is 11.5 Å². The van der Waals surface area contributed by atoms with Crippen LogP contribution in [-0.2, 0) is 11.3 Å². The highest BCUT2D eigenvalue weighted by Crippen LogP contribution is 2.17. The highest BCUT2D eigenvalue weighted by molar-refractivity contribution is 5.76. The highest BCUT2D eigenvalue weighted by atomic mass is 16.3. The molecule has 0 unspecified atom stereocenters. The summed E-state index contributed by atoms with van der Waals surface area (Å²) in [6.07, 6.45) is 0.534. The summed E-state index contributed by atoms with van der Waals surface area (Å²) in [5, 5.41) is 2.84. The molecule has 1 amide bonds. The van der Waals surface area contributed by atoms with E-state index in [2.05, 4.69) is 5.32 Å². The Labute approximate surface area is 90.9 Å². The summed E-state index contributed by atoms with van der Waals surface area (Å²) in [5.41, 5.74) is 0.0309. The van der Waals surface area contributed by atoms with Gasteiger partial charge in [-0.3, -0.25) is 4.79 Å². The van der Waals surface area contributed by atoms with Crippen molar-refractivity contribution in [1.82, 2.24) is 5.32 Å². The second-order valence-corrected chi connectivity index (χ2v) is 5.03. The summed E-state index contributed by atoms with van der Waals surface area (Å²) < 4.78 is 5.35. The Bertz CT molecular complexity index is 334. The van der Waals surface area contributed by atoms with Crippen molar-refractivity contribution in [1.29, 1.82) is 0 Å². The first-order valence-corrected chi connectivity index (χ1v) is 5.19. The maximum atomic E-state index is 11.5. The zero-order valence-corrected chi connectivity index (χ0v) is 9.89. The predicted octanol–water partition coefficient (Wildman–Crippen LogP) is 2.64. The standard InChI is InChI=1S/C12H19NO2/c1-9-5-6-10(15-9)8-13-11(14)7-12(2,3)4/h5-6H,7-8H2,1-4H3,(H,13,14). The van der Waals surface area contributed by atoms with Gasteiger partial charge in [0, 0.05) is 6.42 Å².